The molecule has 2 heterocycles. The van der Waals surface area contributed by atoms with Crippen LogP contribution in [0.4, 0.5) is 0 Å². The third kappa shape index (κ3) is 3.82. The molecular formula is C22H24N2O3. The molecule has 0 bridgehead atoms. The Bertz CT molecular complexity index is 971. The van der Waals surface area contributed by atoms with Crippen molar-refractivity contribution in [1.29, 1.82) is 0 Å². The Labute approximate surface area is 158 Å². The smallest absolute Gasteiger partial charge is 0.303 e. The maximum Gasteiger partial charge on any atom is 0.303 e. The Balaban J connectivity index is 1.73. The van der Waals surface area contributed by atoms with E-state index >= 15 is 0 Å². The Hall–Kier alpha value is -2.82. The van der Waals surface area contributed by atoms with Crippen LogP contribution in [0.25, 0.3) is 22.3 Å². The highest BCUT2D eigenvalue weighted by molar-refractivity contribution is 5.81. The van der Waals surface area contributed by atoms with E-state index in [9.17, 15) is 4.79 Å². The zero-order valence-corrected chi connectivity index (χ0v) is 15.5. The molecule has 2 aromatic heterocycles. The lowest BCUT2D eigenvalue weighted by Crippen LogP contribution is -2.12. The summed E-state index contributed by atoms with van der Waals surface area (Å²) in [7, 11) is 1.98. The first-order chi connectivity index (χ1) is 13.1. The molecule has 1 aliphatic rings. The molecule has 1 N–H and O–H groups in total. The molecule has 27 heavy (non-hydrogen) atoms. The van der Waals surface area contributed by atoms with E-state index in [1.54, 1.807) is 0 Å². The molecule has 0 unspecified atom stereocenters. The number of aromatic nitrogens is 2. The Kier molecular flexibility index (Phi) is 4.84. The summed E-state index contributed by atoms with van der Waals surface area (Å²) in [5.41, 5.74) is 3.71. The molecule has 5 nitrogen and oxygen atoms in total. The van der Waals surface area contributed by atoms with Crippen molar-refractivity contribution in [3.63, 3.8) is 0 Å². The number of fused-ring (bicyclic) bond motifs is 1. The lowest BCUT2D eigenvalue weighted by molar-refractivity contribution is -0.136. The van der Waals surface area contributed by atoms with Crippen LogP contribution in [0.5, 0.6) is 5.75 Å². The van der Waals surface area contributed by atoms with Crippen molar-refractivity contribution in [1.82, 2.24) is 9.55 Å². The number of aryl methyl sites for hydroxylation is 2. The molecule has 0 radical (unpaired) electrons. The first-order valence-corrected chi connectivity index (χ1v) is 9.54. The van der Waals surface area contributed by atoms with E-state index in [4.69, 9.17) is 14.8 Å². The topological polar surface area (TPSA) is 64.4 Å². The number of hydrogen-bond acceptors (Lipinski definition) is 3. The van der Waals surface area contributed by atoms with Gasteiger partial charge >= 0.3 is 5.97 Å². The first kappa shape index (κ1) is 17.6. The summed E-state index contributed by atoms with van der Waals surface area (Å²) in [6, 6.07) is 12.1. The van der Waals surface area contributed by atoms with E-state index in [0.29, 0.717) is 6.42 Å². The number of carboxylic acids is 1. The number of carboxylic acid groups (broad SMARTS) is 1. The fourth-order valence-electron chi connectivity index (χ4n) is 3.76. The van der Waals surface area contributed by atoms with Crippen LogP contribution in [0, 0.1) is 0 Å². The maximum absolute atomic E-state index is 10.9. The molecule has 5 heteroatoms. The van der Waals surface area contributed by atoms with E-state index in [-0.39, 0.29) is 12.5 Å². The van der Waals surface area contributed by atoms with Crippen molar-refractivity contribution in [2.24, 2.45) is 7.05 Å². The second-order valence-electron chi connectivity index (χ2n) is 7.28. The lowest BCUT2D eigenvalue weighted by atomic mass is 10.0. The van der Waals surface area contributed by atoms with Gasteiger partial charge in [-0.15, -0.1) is 0 Å². The van der Waals surface area contributed by atoms with Crippen LogP contribution in [0.15, 0.2) is 42.6 Å². The molecule has 1 fully saturated rings. The second kappa shape index (κ2) is 7.43. The number of pyridine rings is 1. The van der Waals surface area contributed by atoms with Gasteiger partial charge in [0.1, 0.15) is 11.4 Å². The third-order valence-electron chi connectivity index (χ3n) is 5.26. The molecule has 0 spiro atoms. The summed E-state index contributed by atoms with van der Waals surface area (Å²) >= 11 is 0. The van der Waals surface area contributed by atoms with Crippen molar-refractivity contribution in [3.05, 3.63) is 48.2 Å². The number of nitrogens with zero attached hydrogens (tertiary/aromatic N) is 2. The minimum absolute atomic E-state index is 0.118. The van der Waals surface area contributed by atoms with E-state index in [1.807, 2.05) is 48.1 Å². The number of benzene rings is 1. The zero-order chi connectivity index (χ0) is 18.8. The van der Waals surface area contributed by atoms with E-state index in [1.165, 1.54) is 12.8 Å². The van der Waals surface area contributed by atoms with Crippen molar-refractivity contribution in [2.75, 3.05) is 0 Å². The number of rotatable bonds is 6. The number of ether oxygens (including phenoxy) is 1. The highest BCUT2D eigenvalue weighted by atomic mass is 16.5. The van der Waals surface area contributed by atoms with Crippen LogP contribution in [-0.4, -0.2) is 26.7 Å². The quantitative estimate of drug-likeness (QED) is 0.695. The van der Waals surface area contributed by atoms with Gasteiger partial charge in [0.15, 0.2) is 0 Å². The van der Waals surface area contributed by atoms with Gasteiger partial charge in [-0.2, -0.15) is 0 Å². The van der Waals surface area contributed by atoms with E-state index in [0.717, 1.165) is 46.4 Å². The summed E-state index contributed by atoms with van der Waals surface area (Å²) in [6.07, 6.45) is 7.47. The average molecular weight is 364 g/mol. The minimum Gasteiger partial charge on any atom is -0.490 e. The van der Waals surface area contributed by atoms with Gasteiger partial charge in [-0.3, -0.25) is 4.79 Å². The fourth-order valence-corrected chi connectivity index (χ4v) is 3.76. The van der Waals surface area contributed by atoms with Crippen LogP contribution in [-0.2, 0) is 18.3 Å². The van der Waals surface area contributed by atoms with Crippen LogP contribution in [0.3, 0.4) is 0 Å². The van der Waals surface area contributed by atoms with Crippen LogP contribution in [0.1, 0.15) is 37.7 Å². The van der Waals surface area contributed by atoms with E-state index < -0.39 is 5.97 Å². The molecule has 1 saturated carbocycles. The standard InChI is InChI=1S/C22H24N2O3/c1-24-13-12-16-8-9-19(23-22(16)24)18-14-15(7-11-21(25)26)6-10-20(18)27-17-4-2-3-5-17/h6,8-10,12-14,17H,2-5,7,11H2,1H3,(H,25,26). The van der Waals surface area contributed by atoms with Gasteiger partial charge in [0.05, 0.1) is 11.8 Å². The van der Waals surface area contributed by atoms with E-state index in [2.05, 4.69) is 6.07 Å². The lowest BCUT2D eigenvalue weighted by Gasteiger charge is -2.17. The van der Waals surface area contributed by atoms with Gasteiger partial charge in [-0.1, -0.05) is 6.07 Å². The third-order valence-corrected chi connectivity index (χ3v) is 5.26. The van der Waals surface area contributed by atoms with Crippen molar-refractivity contribution in [2.45, 2.75) is 44.6 Å². The number of aliphatic carboxylic acids is 1. The predicted octanol–water partition coefficient (Wildman–Crippen LogP) is 4.58. The molecule has 1 aromatic carbocycles. The SMILES string of the molecule is Cn1ccc2ccc(-c3cc(CCC(=O)O)ccc3OC3CCCC3)nc21. The van der Waals surface area contributed by atoms with Crippen LogP contribution < -0.4 is 4.74 Å². The summed E-state index contributed by atoms with van der Waals surface area (Å²) in [6.45, 7) is 0. The molecule has 140 valence electrons. The zero-order valence-electron chi connectivity index (χ0n) is 15.5. The van der Waals surface area contributed by atoms with Gasteiger partial charge < -0.3 is 14.4 Å². The highest BCUT2D eigenvalue weighted by Crippen LogP contribution is 2.34. The molecule has 1 aliphatic carbocycles. The van der Waals surface area contributed by atoms with Crippen LogP contribution >= 0.6 is 0 Å². The average Bonchev–Trinajstić information content (AvgIpc) is 3.30. The first-order valence-electron chi connectivity index (χ1n) is 9.54. The van der Waals surface area contributed by atoms with Gasteiger partial charge in [-0.25, -0.2) is 4.98 Å². The summed E-state index contributed by atoms with van der Waals surface area (Å²) in [5, 5.41) is 10.1. The Morgan fingerprint density at radius 1 is 1.22 bits per heavy atom. The van der Waals surface area contributed by atoms with Gasteiger partial charge in [0.25, 0.3) is 0 Å². The second-order valence-corrected chi connectivity index (χ2v) is 7.28. The molecule has 0 saturated heterocycles. The predicted molar refractivity (Wildman–Crippen MR) is 105 cm³/mol. The van der Waals surface area contributed by atoms with Gasteiger partial charge in [0.2, 0.25) is 0 Å². The van der Waals surface area contributed by atoms with Crippen molar-refractivity contribution >= 4 is 17.0 Å². The Morgan fingerprint density at radius 2 is 2.04 bits per heavy atom. The molecular weight excluding hydrogens is 340 g/mol. The molecule has 0 amide bonds. The monoisotopic (exact) mass is 364 g/mol. The number of hydrogen-bond donors (Lipinski definition) is 1. The van der Waals surface area contributed by atoms with Crippen molar-refractivity contribution in [3.8, 4) is 17.0 Å². The summed E-state index contributed by atoms with van der Waals surface area (Å²) in [4.78, 5) is 15.8. The molecule has 4 rings (SSSR count). The molecule has 0 aliphatic heterocycles. The Morgan fingerprint density at radius 3 is 2.81 bits per heavy atom. The van der Waals surface area contributed by atoms with Gasteiger partial charge in [0, 0.05) is 30.6 Å². The minimum atomic E-state index is -0.786. The largest absolute Gasteiger partial charge is 0.490 e. The van der Waals surface area contributed by atoms with Crippen LogP contribution in [0.2, 0.25) is 0 Å². The highest BCUT2D eigenvalue weighted by Gasteiger charge is 2.19. The normalized spacial score (nSPS) is 14.7. The number of carbonyl (C=O) groups is 1. The van der Waals surface area contributed by atoms with Gasteiger partial charge in [-0.05, 0) is 68.0 Å². The molecule has 3 aromatic rings. The summed E-state index contributed by atoms with van der Waals surface area (Å²) < 4.78 is 8.31. The maximum atomic E-state index is 10.9. The van der Waals surface area contributed by atoms with Crippen molar-refractivity contribution < 1.29 is 14.6 Å². The summed E-state index contributed by atoms with van der Waals surface area (Å²) in [5.74, 6) is 0.0493. The molecule has 0 atom stereocenters. The fraction of sp³-hybridized carbons (Fsp3) is 0.364.